The maximum atomic E-state index is 13.0. The summed E-state index contributed by atoms with van der Waals surface area (Å²) in [5.74, 6) is -1.75. The first-order valence-corrected chi connectivity index (χ1v) is 8.94. The van der Waals surface area contributed by atoms with Gasteiger partial charge in [0.15, 0.2) is 0 Å². The summed E-state index contributed by atoms with van der Waals surface area (Å²) in [6.07, 6.45) is -4.51. The number of hydrogen-bond donors (Lipinski definition) is 2. The van der Waals surface area contributed by atoms with Crippen LogP contribution >= 0.6 is 0 Å². The number of nitrogens with zero attached hydrogens (tertiary/aromatic N) is 1. The molecule has 0 spiro atoms. The first kappa shape index (κ1) is 21.7. The van der Waals surface area contributed by atoms with Crippen molar-refractivity contribution in [2.24, 2.45) is 5.92 Å². The van der Waals surface area contributed by atoms with Crippen molar-refractivity contribution in [3.8, 4) is 0 Å². The summed E-state index contributed by atoms with van der Waals surface area (Å²) < 4.78 is 38.9. The minimum atomic E-state index is -4.63. The van der Waals surface area contributed by atoms with Crippen LogP contribution in [-0.4, -0.2) is 47.8 Å². The molecule has 1 unspecified atom stereocenters. The van der Waals surface area contributed by atoms with E-state index in [0.717, 1.165) is 12.1 Å². The molecule has 0 aromatic heterocycles. The van der Waals surface area contributed by atoms with E-state index in [9.17, 15) is 27.6 Å². The molecule has 0 bridgehead atoms. The Morgan fingerprint density at radius 1 is 1.11 bits per heavy atom. The zero-order valence-electron chi connectivity index (χ0n) is 16.0. The summed E-state index contributed by atoms with van der Waals surface area (Å²) in [4.78, 5) is 37.9. The molecule has 154 valence electrons. The molecule has 1 saturated heterocycles. The number of nitrogens with one attached hydrogen (secondary N) is 2. The number of hydrogen-bond acceptors (Lipinski definition) is 3. The van der Waals surface area contributed by atoms with Crippen LogP contribution in [0.1, 0.15) is 43.1 Å². The van der Waals surface area contributed by atoms with Crippen molar-refractivity contribution in [1.29, 1.82) is 0 Å². The van der Waals surface area contributed by atoms with Crippen LogP contribution in [0.25, 0.3) is 0 Å². The largest absolute Gasteiger partial charge is 0.417 e. The number of amides is 3. The first-order valence-electron chi connectivity index (χ1n) is 8.94. The van der Waals surface area contributed by atoms with Gasteiger partial charge in [0.2, 0.25) is 11.8 Å². The second-order valence-corrected chi connectivity index (χ2v) is 7.67. The Morgan fingerprint density at radius 3 is 2.29 bits per heavy atom. The highest BCUT2D eigenvalue weighted by molar-refractivity contribution is 5.96. The molecule has 0 aliphatic carbocycles. The average molecular weight is 399 g/mol. The highest BCUT2D eigenvalue weighted by Crippen LogP contribution is 2.31. The van der Waals surface area contributed by atoms with Gasteiger partial charge in [-0.15, -0.1) is 0 Å². The minimum absolute atomic E-state index is 0.0274. The number of rotatable bonds is 5. The van der Waals surface area contributed by atoms with Gasteiger partial charge >= 0.3 is 6.18 Å². The lowest BCUT2D eigenvalue weighted by molar-refractivity contribution is -0.138. The van der Waals surface area contributed by atoms with E-state index in [2.05, 4.69) is 10.6 Å². The summed E-state index contributed by atoms with van der Waals surface area (Å²) in [7, 11) is 0. The molecule has 28 heavy (non-hydrogen) atoms. The van der Waals surface area contributed by atoms with E-state index in [1.807, 2.05) is 20.8 Å². The van der Waals surface area contributed by atoms with E-state index in [1.54, 1.807) is 4.90 Å². The molecule has 2 N–H and O–H groups in total. The molecule has 1 aromatic carbocycles. The normalized spacial score (nSPS) is 17.6. The van der Waals surface area contributed by atoms with E-state index in [1.165, 1.54) is 12.1 Å². The third-order valence-corrected chi connectivity index (χ3v) is 4.49. The van der Waals surface area contributed by atoms with Gasteiger partial charge in [-0.1, -0.05) is 12.1 Å². The lowest BCUT2D eigenvalue weighted by Gasteiger charge is -2.31. The van der Waals surface area contributed by atoms with Gasteiger partial charge in [-0.05, 0) is 32.9 Å². The molecule has 1 atom stereocenters. The van der Waals surface area contributed by atoms with Crippen molar-refractivity contribution < 1.29 is 27.6 Å². The van der Waals surface area contributed by atoms with Crippen LogP contribution in [0.4, 0.5) is 13.2 Å². The highest BCUT2D eigenvalue weighted by atomic mass is 19.4. The van der Waals surface area contributed by atoms with Gasteiger partial charge in [-0.25, -0.2) is 0 Å². The minimum Gasteiger partial charge on any atom is -0.354 e. The average Bonchev–Trinajstić information content (AvgIpc) is 3.00. The Bertz CT molecular complexity index is 757. The second kappa shape index (κ2) is 8.20. The van der Waals surface area contributed by atoms with E-state index in [4.69, 9.17) is 0 Å². The highest BCUT2D eigenvalue weighted by Gasteiger charge is 2.39. The molecule has 1 aliphatic rings. The lowest BCUT2D eigenvalue weighted by atomic mass is 10.1. The molecule has 2 rings (SSSR count). The van der Waals surface area contributed by atoms with E-state index < -0.39 is 29.1 Å². The van der Waals surface area contributed by atoms with Gasteiger partial charge < -0.3 is 15.5 Å². The molecule has 9 heteroatoms. The van der Waals surface area contributed by atoms with Crippen LogP contribution in [0.3, 0.4) is 0 Å². The van der Waals surface area contributed by atoms with Gasteiger partial charge in [0.05, 0.1) is 17.0 Å². The van der Waals surface area contributed by atoms with Gasteiger partial charge in [-0.2, -0.15) is 13.2 Å². The summed E-state index contributed by atoms with van der Waals surface area (Å²) in [6, 6.07) is 4.50. The van der Waals surface area contributed by atoms with E-state index >= 15 is 0 Å². The second-order valence-electron chi connectivity index (χ2n) is 7.67. The third-order valence-electron chi connectivity index (χ3n) is 4.49. The molecule has 1 heterocycles. The van der Waals surface area contributed by atoms with Crippen molar-refractivity contribution >= 4 is 17.7 Å². The SMILES string of the molecule is CC(C)(C)N1CC(C(=O)NCCNC(=O)c2ccccc2C(F)(F)F)CC1=O. The van der Waals surface area contributed by atoms with Crippen molar-refractivity contribution in [3.05, 3.63) is 35.4 Å². The quantitative estimate of drug-likeness (QED) is 0.745. The van der Waals surface area contributed by atoms with Crippen molar-refractivity contribution in [2.75, 3.05) is 19.6 Å². The topological polar surface area (TPSA) is 78.5 Å². The van der Waals surface area contributed by atoms with E-state index in [0.29, 0.717) is 6.54 Å². The predicted molar refractivity (Wildman–Crippen MR) is 96.4 cm³/mol. The van der Waals surface area contributed by atoms with Crippen molar-refractivity contribution in [3.63, 3.8) is 0 Å². The Hall–Kier alpha value is -2.58. The van der Waals surface area contributed by atoms with Gasteiger partial charge in [0.1, 0.15) is 0 Å². The number of carbonyl (C=O) groups is 3. The summed E-state index contributed by atoms with van der Waals surface area (Å²) in [6.45, 7) is 6.01. The maximum Gasteiger partial charge on any atom is 0.417 e. The van der Waals surface area contributed by atoms with Gasteiger partial charge in [0.25, 0.3) is 5.91 Å². The molecule has 1 aliphatic heterocycles. The molecule has 1 fully saturated rings. The number of benzene rings is 1. The smallest absolute Gasteiger partial charge is 0.354 e. The number of alkyl halides is 3. The molecule has 3 amide bonds. The van der Waals surface area contributed by atoms with Crippen molar-refractivity contribution in [2.45, 2.75) is 38.9 Å². The predicted octanol–water partition coefficient (Wildman–Crippen LogP) is 2.20. The lowest BCUT2D eigenvalue weighted by Crippen LogP contribution is -2.43. The van der Waals surface area contributed by atoms with Crippen molar-refractivity contribution in [1.82, 2.24) is 15.5 Å². The molecular formula is C19H24F3N3O3. The summed E-state index contributed by atoms with van der Waals surface area (Å²) >= 11 is 0. The van der Waals surface area contributed by atoms with E-state index in [-0.39, 0.29) is 36.9 Å². The van der Waals surface area contributed by atoms with Crippen LogP contribution in [0, 0.1) is 5.92 Å². The molecule has 0 saturated carbocycles. The monoisotopic (exact) mass is 399 g/mol. The van der Waals surface area contributed by atoms with Crippen LogP contribution in [0.2, 0.25) is 0 Å². The maximum absolute atomic E-state index is 13.0. The summed E-state index contributed by atoms with van der Waals surface area (Å²) in [5, 5.41) is 4.98. The van der Waals surface area contributed by atoms with Crippen LogP contribution in [0.15, 0.2) is 24.3 Å². The standard InChI is InChI=1S/C19H24F3N3O3/c1-18(2,3)25-11-12(10-15(25)26)16(27)23-8-9-24-17(28)13-6-4-5-7-14(13)19(20,21)22/h4-7,12H,8-11H2,1-3H3,(H,23,27)(H,24,28). The summed E-state index contributed by atoms with van der Waals surface area (Å²) in [5.41, 5.74) is -1.85. The molecule has 1 aromatic rings. The number of carbonyl (C=O) groups excluding carboxylic acids is 3. The Morgan fingerprint density at radius 2 is 1.71 bits per heavy atom. The van der Waals surface area contributed by atoms with Gasteiger partial charge in [0, 0.05) is 31.6 Å². The Labute approximate surface area is 161 Å². The zero-order valence-corrected chi connectivity index (χ0v) is 16.0. The number of likely N-dealkylation sites (tertiary alicyclic amines) is 1. The zero-order chi connectivity index (χ0) is 21.1. The molecule has 0 radical (unpaired) electrons. The molecular weight excluding hydrogens is 375 g/mol. The van der Waals surface area contributed by atoms with Crippen LogP contribution in [-0.2, 0) is 15.8 Å². The number of halogens is 3. The fourth-order valence-corrected chi connectivity index (χ4v) is 3.06. The van der Waals surface area contributed by atoms with Crippen LogP contribution in [0.5, 0.6) is 0 Å². The third kappa shape index (κ3) is 5.24. The molecule has 6 nitrogen and oxygen atoms in total. The van der Waals surface area contributed by atoms with Crippen LogP contribution < -0.4 is 10.6 Å². The Kier molecular flexibility index (Phi) is 6.36. The van der Waals surface area contributed by atoms with Gasteiger partial charge in [-0.3, -0.25) is 14.4 Å². The fourth-order valence-electron chi connectivity index (χ4n) is 3.06. The first-order chi connectivity index (χ1) is 12.9. The Balaban J connectivity index is 1.83. The fraction of sp³-hybridized carbons (Fsp3) is 0.526.